The van der Waals surface area contributed by atoms with Crippen LogP contribution >= 0.6 is 255 Å². The number of aryl methyl sites for hydroxylation is 1. The average molecular weight is 2760 g/mol. The molecule has 6 aliphatic heterocycles. The summed E-state index contributed by atoms with van der Waals surface area (Å²) in [5, 5.41) is 1.99. The zero-order chi connectivity index (χ0) is 87.3. The summed E-state index contributed by atoms with van der Waals surface area (Å²) in [5.41, 5.74) is 20.3. The maximum atomic E-state index is 8.19. The number of anilines is 3. The van der Waals surface area contributed by atoms with Crippen molar-refractivity contribution in [2.24, 2.45) is 4.99 Å². The molecule has 14 bridgehead atoms. The van der Waals surface area contributed by atoms with Crippen LogP contribution in [0.15, 0.2) is 251 Å². The molecule has 0 N–H and O–H groups in total. The third-order valence-electron chi connectivity index (χ3n) is 21.5. The third kappa shape index (κ3) is 16.5. The Hall–Kier alpha value is -4.81. The number of nitrogens with zero attached hydrogens (tertiary/aromatic N) is 9. The van der Waals surface area contributed by atoms with Gasteiger partial charge in [-0.15, -0.1) is 38.1 Å². The number of benzene rings is 7. The number of methoxy groups -OCH3 is 4. The van der Waals surface area contributed by atoms with E-state index in [1.54, 1.807) is 28.4 Å². The maximum absolute atomic E-state index is 8.19. The molecule has 0 atom stereocenters. The van der Waals surface area contributed by atoms with Gasteiger partial charge in [-0.2, -0.15) is 0 Å². The minimum absolute atomic E-state index is 0. The molecule has 7 aromatic carbocycles. The minimum Gasteiger partial charge on any atom is 0 e. The summed E-state index contributed by atoms with van der Waals surface area (Å²) in [6.07, 6.45) is 5.55. The minimum atomic E-state index is 0. The summed E-state index contributed by atoms with van der Waals surface area (Å²) in [6.45, 7) is 2.24. The molecule has 33 heteroatoms. The fraction of sp³-hybridized carbons (Fsp3) is 0.109. The van der Waals surface area contributed by atoms with Crippen LogP contribution in [0.1, 0.15) is 89.0 Å². The number of halogens is 16. The SMILES string of the molecule is CCCCCCc1ccc(N(c2ccc(C3=C4N=C(C(Br)=C4Br)C(c4ccccc4OC)=c4c(Br)c(Br)c5cc6c(Br)c(Br)c([n+]=6on45)=C(c4ccccc4OC)c4[n-]c3c(Br)c4Br)cc2)c2ccc(-c3c4nc(c(-c5ccccc5OC)c5[n-]c(cc6nc(c(-c7ccccc7OC)c7[n-]c3c(Br)c7Br)C(Br)=C6Br)c(Br)c5Br)C(Br)=C4Br)cc2)cc1.[O]=[V+2].[V]. The van der Waals surface area contributed by atoms with Gasteiger partial charge in [0, 0.05) is 96.3 Å². The van der Waals surface area contributed by atoms with Crippen LogP contribution in [0.25, 0.3) is 95.6 Å². The van der Waals surface area contributed by atoms with E-state index in [-0.39, 0.29) is 18.6 Å². The van der Waals surface area contributed by atoms with Gasteiger partial charge in [0.15, 0.2) is 21.6 Å². The number of fused-ring (bicyclic) bond motifs is 11. The van der Waals surface area contributed by atoms with E-state index in [4.69, 9.17) is 57.2 Å². The number of unbranched alkanes of at least 4 members (excludes halogenated alkanes) is 3. The van der Waals surface area contributed by atoms with Crippen LogP contribution < -0.4 is 53.9 Å². The van der Waals surface area contributed by atoms with E-state index < -0.39 is 0 Å². The Balaban J connectivity index is 0.00000382. The summed E-state index contributed by atoms with van der Waals surface area (Å²) in [7, 11) is 6.67. The van der Waals surface area contributed by atoms with Gasteiger partial charge in [0.25, 0.3) is 0 Å². The first-order chi connectivity index (χ1) is 60.0. The van der Waals surface area contributed by atoms with Crippen LogP contribution in [0.3, 0.4) is 0 Å². The van der Waals surface area contributed by atoms with Gasteiger partial charge in [0.1, 0.15) is 23.0 Å². The number of aromatic nitrogens is 7. The van der Waals surface area contributed by atoms with E-state index in [1.807, 2.05) is 112 Å². The average Bonchev–Trinajstić information content (AvgIpc) is 1.55. The molecular weight excluding hydrogens is 2710 g/mol. The van der Waals surface area contributed by atoms with Gasteiger partial charge < -0.3 is 38.8 Å². The van der Waals surface area contributed by atoms with E-state index in [9.17, 15) is 0 Å². The maximum Gasteiger partial charge on any atom is 0 e. The molecule has 0 amide bonds. The monoisotopic (exact) mass is 2750 g/mol. The molecule has 1 radical (unpaired) electrons. The van der Waals surface area contributed by atoms with Gasteiger partial charge in [-0.3, -0.25) is 0 Å². The number of hydrogen-bond acceptors (Lipinski definition) is 10. The van der Waals surface area contributed by atoms with Gasteiger partial charge in [-0.05, 0) is 287 Å². The normalized spacial score (nSPS) is 13.2. The van der Waals surface area contributed by atoms with Crippen molar-refractivity contribution in [1.82, 2.24) is 29.5 Å². The topological polar surface area (TPSA) is 161 Å². The molecule has 5 aromatic heterocycles. The second kappa shape index (κ2) is 39.2. The number of aliphatic imine (C=N–C) groups is 1. The standard InChI is InChI=1S/C92H55Br16N9O5.O.2V/c1-6-7-8-9-18-41-27-33-44(34-28-41)115(45-35-29-42(30-36-45)59-81-71(99)75(103)87(111-81)61(47-19-10-14-23-55(47)118-2)85-69(97)65(93)51(109-85)39-52-66(94)70(98)86(110-52)62(48-20-11-15-24-56(48)119-3)88-76(104)72(100)82(59)112-88)46-37-31-43(32-38-46)60-83-73(101)77(105)89(113-83)63(49-21-12-16-25-57(49)120-4)91-79(107)67(95)53-40-54-68(96)80(108)92(117(54)122-116(53)91)64(50-22-13-17-26-58(50)121-5)90-78(106)74(102)84(60)114-90;;;/h10-17,19-40H,6-9,18H2,1-5H3;;;/q-2;;;+2. The van der Waals surface area contributed by atoms with Crippen LogP contribution in [-0.2, 0) is 46.0 Å². The number of allylic oxidation sites excluding steroid dienone is 2. The van der Waals surface area contributed by atoms with Gasteiger partial charge in [0.2, 0.25) is 0 Å². The zero-order valence-corrected chi connectivity index (χ0v) is 93.4. The summed E-state index contributed by atoms with van der Waals surface area (Å²) in [4.78, 5) is 36.3. The van der Waals surface area contributed by atoms with Crippen molar-refractivity contribution in [1.29, 1.82) is 0 Å². The van der Waals surface area contributed by atoms with Crippen LogP contribution in [0.4, 0.5) is 17.1 Å². The van der Waals surface area contributed by atoms with Crippen molar-refractivity contribution >= 4 is 340 Å². The van der Waals surface area contributed by atoms with Crippen LogP contribution in [0.2, 0.25) is 0 Å². The van der Waals surface area contributed by atoms with Gasteiger partial charge in [-0.25, -0.2) is 15.0 Å². The quantitative estimate of drug-likeness (QED) is 0.0591. The van der Waals surface area contributed by atoms with Crippen LogP contribution in [0, 0.1) is 5.36 Å². The summed E-state index contributed by atoms with van der Waals surface area (Å²) in [6, 6.07) is 61.7. The smallest absolute Gasteiger partial charge is 0 e. The molecule has 0 spiro atoms. The summed E-state index contributed by atoms with van der Waals surface area (Å²) in [5.74, 6) is 2.44. The Labute approximate surface area is 872 Å². The number of ether oxygens (including phenoxy) is 4. The van der Waals surface area contributed by atoms with Crippen molar-refractivity contribution in [2.45, 2.75) is 39.0 Å². The van der Waals surface area contributed by atoms with Gasteiger partial charge >= 0.3 is 21.0 Å². The number of rotatable bonds is 18. The van der Waals surface area contributed by atoms with Crippen molar-refractivity contribution < 1.29 is 67.6 Å². The molecule has 0 saturated carbocycles. The zero-order valence-electron chi connectivity index (χ0n) is 65.3. The third-order valence-corrected chi connectivity index (χ3v) is 38.3. The van der Waals surface area contributed by atoms with E-state index >= 15 is 0 Å². The fourth-order valence-electron chi connectivity index (χ4n) is 15.8. The first-order valence-electron chi connectivity index (χ1n) is 37.8. The van der Waals surface area contributed by atoms with Crippen molar-refractivity contribution in [2.75, 3.05) is 33.3 Å². The Morgan fingerprint density at radius 1 is 0.424 bits per heavy atom. The van der Waals surface area contributed by atoms with Crippen molar-refractivity contribution in [3.05, 3.63) is 314 Å². The Bertz CT molecular complexity index is 7380. The largest absolute Gasteiger partial charge is 0 e. The van der Waals surface area contributed by atoms with E-state index in [0.717, 1.165) is 102 Å². The summed E-state index contributed by atoms with van der Waals surface area (Å²) < 4.78 is 55.1. The van der Waals surface area contributed by atoms with Crippen molar-refractivity contribution in [3.8, 4) is 56.4 Å². The Morgan fingerprint density at radius 3 is 1.44 bits per heavy atom. The van der Waals surface area contributed by atoms with E-state index in [0.29, 0.717) is 208 Å². The first kappa shape index (κ1) is 93.4. The molecule has 0 aliphatic carbocycles. The van der Waals surface area contributed by atoms with Crippen LogP contribution in [-0.4, -0.2) is 48.7 Å². The molecule has 0 saturated heterocycles. The first-order valence-corrected chi connectivity index (χ1v) is 51.0. The predicted octanol–water partition coefficient (Wildman–Crippen LogP) is 29.9. The van der Waals surface area contributed by atoms with Gasteiger partial charge in [0.05, 0.1) is 113 Å². The second-order valence-electron chi connectivity index (χ2n) is 28.3. The van der Waals surface area contributed by atoms with E-state index in [1.165, 1.54) is 12.0 Å². The molecule has 125 heavy (non-hydrogen) atoms. The van der Waals surface area contributed by atoms with E-state index in [2.05, 4.69) is 346 Å². The predicted molar refractivity (Wildman–Crippen MR) is 547 cm³/mol. The summed E-state index contributed by atoms with van der Waals surface area (Å²) >= 11 is 66.6. The van der Waals surface area contributed by atoms with Crippen LogP contribution in [0.5, 0.6) is 23.0 Å². The molecule has 15 nitrogen and oxygen atoms in total. The molecule has 12 aromatic rings. The second-order valence-corrected chi connectivity index (χ2v) is 41.0. The van der Waals surface area contributed by atoms with Gasteiger partial charge in [-0.1, -0.05) is 231 Å². The number of para-hydroxylation sites is 4. The molecular formula is C92H55Br16N9O6V2. The van der Waals surface area contributed by atoms with Crippen molar-refractivity contribution in [3.63, 3.8) is 0 Å². The molecule has 626 valence electrons. The Morgan fingerprint density at radius 2 is 0.888 bits per heavy atom. The Kier molecular flexibility index (Phi) is 29.3. The molecule has 0 fully saturated rings. The molecule has 0 unspecified atom stereocenters. The molecule has 11 heterocycles. The molecule has 6 aliphatic rings. The fourth-order valence-corrected chi connectivity index (χ4v) is 23.4. The molecule has 18 rings (SSSR count). The number of hydrogen-bond donors (Lipinski definition) is 0.